The quantitative estimate of drug-likeness (QED) is 0.836. The minimum absolute atomic E-state index is 0.360. The van der Waals surface area contributed by atoms with Crippen molar-refractivity contribution in [3.8, 4) is 5.75 Å². The number of nitrogens with one attached hydrogen (secondary N) is 1. The van der Waals surface area contributed by atoms with Crippen LogP contribution in [0.1, 0.15) is 31.9 Å². The minimum Gasteiger partial charge on any atom is -0.493 e. The highest BCUT2D eigenvalue weighted by Gasteiger charge is 2.29. The molecule has 1 aliphatic rings. The molecule has 1 aliphatic heterocycles. The second-order valence-corrected chi connectivity index (χ2v) is 5.20. The molecule has 1 atom stereocenters. The van der Waals surface area contributed by atoms with Crippen LogP contribution in [0.15, 0.2) is 18.2 Å². The van der Waals surface area contributed by atoms with Gasteiger partial charge in [-0.05, 0) is 12.5 Å². The van der Waals surface area contributed by atoms with E-state index in [1.54, 1.807) is 0 Å². The van der Waals surface area contributed by atoms with Gasteiger partial charge in [-0.25, -0.2) is 0 Å². The van der Waals surface area contributed by atoms with Crippen molar-refractivity contribution in [2.75, 3.05) is 13.2 Å². The lowest BCUT2D eigenvalue weighted by atomic mass is 9.93. The Labute approximate surface area is 103 Å². The van der Waals surface area contributed by atoms with Gasteiger partial charge in [-0.3, -0.25) is 0 Å². The first kappa shape index (κ1) is 12.4. The van der Waals surface area contributed by atoms with Gasteiger partial charge in [0.2, 0.25) is 0 Å². The average Bonchev–Trinajstić information content (AvgIpc) is 2.74. The largest absolute Gasteiger partial charge is 0.493 e. The van der Waals surface area contributed by atoms with E-state index in [0.717, 1.165) is 24.3 Å². The van der Waals surface area contributed by atoms with E-state index in [1.807, 2.05) is 19.1 Å². The molecule has 0 fully saturated rings. The van der Waals surface area contributed by atoms with Gasteiger partial charge in [-0.2, -0.15) is 0 Å². The molecule has 94 valence electrons. The number of rotatable bonds is 4. The maximum atomic E-state index is 10.6. The third-order valence-electron chi connectivity index (χ3n) is 3.15. The molecule has 3 nitrogen and oxygen atoms in total. The monoisotopic (exact) mass is 235 g/mol. The second kappa shape index (κ2) is 4.67. The number of hydrogen-bond donors (Lipinski definition) is 2. The molecule has 0 radical (unpaired) electrons. The van der Waals surface area contributed by atoms with Gasteiger partial charge in [-0.1, -0.05) is 32.0 Å². The van der Waals surface area contributed by atoms with Crippen LogP contribution in [0.25, 0.3) is 0 Å². The molecular weight excluding hydrogens is 214 g/mol. The number of aliphatic hydroxyl groups is 1. The summed E-state index contributed by atoms with van der Waals surface area (Å²) >= 11 is 0. The Hall–Kier alpha value is -1.06. The molecule has 1 unspecified atom stereocenters. The Bertz CT molecular complexity index is 399. The summed E-state index contributed by atoms with van der Waals surface area (Å²) in [5.74, 6) is 0.878. The van der Waals surface area contributed by atoms with Gasteiger partial charge in [0.1, 0.15) is 11.4 Å². The zero-order chi connectivity index (χ0) is 12.5. The fourth-order valence-corrected chi connectivity index (χ4v) is 2.14. The van der Waals surface area contributed by atoms with Crippen LogP contribution in [0.3, 0.4) is 0 Å². The highest BCUT2D eigenvalue weighted by molar-refractivity contribution is 5.46. The Morgan fingerprint density at radius 2 is 2.24 bits per heavy atom. The van der Waals surface area contributed by atoms with Crippen molar-refractivity contribution in [3.05, 3.63) is 29.3 Å². The number of hydrogen-bond acceptors (Lipinski definition) is 3. The molecule has 17 heavy (non-hydrogen) atoms. The lowest BCUT2D eigenvalue weighted by molar-refractivity contribution is 0.0523. The summed E-state index contributed by atoms with van der Waals surface area (Å²) in [4.78, 5) is 0. The summed E-state index contributed by atoms with van der Waals surface area (Å²) in [7, 11) is 0. The van der Waals surface area contributed by atoms with Gasteiger partial charge in [-0.15, -0.1) is 0 Å². The van der Waals surface area contributed by atoms with E-state index in [-0.39, 0.29) is 0 Å². The first-order valence-corrected chi connectivity index (χ1v) is 6.21. The third kappa shape index (κ3) is 2.61. The summed E-state index contributed by atoms with van der Waals surface area (Å²) in [6.45, 7) is 7.23. The maximum absolute atomic E-state index is 10.6. The molecule has 0 aromatic heterocycles. The molecule has 0 bridgehead atoms. The van der Waals surface area contributed by atoms with Crippen LogP contribution in [0.2, 0.25) is 0 Å². The lowest BCUT2D eigenvalue weighted by Crippen LogP contribution is -2.38. The van der Waals surface area contributed by atoms with E-state index in [4.69, 9.17) is 4.74 Å². The highest BCUT2D eigenvalue weighted by atomic mass is 16.5. The van der Waals surface area contributed by atoms with Crippen molar-refractivity contribution in [2.24, 2.45) is 0 Å². The standard InChI is InChI=1S/C14H21NO2/c1-10(2)15-9-14(3,16)12-6-4-5-11-7-8-17-13(11)12/h4-6,10,15-16H,7-9H2,1-3H3. The molecule has 2 rings (SSSR count). The maximum Gasteiger partial charge on any atom is 0.128 e. The van der Waals surface area contributed by atoms with Crippen molar-refractivity contribution in [3.63, 3.8) is 0 Å². The summed E-state index contributed by atoms with van der Waals surface area (Å²) in [6, 6.07) is 6.37. The SMILES string of the molecule is CC(C)NCC(C)(O)c1cccc2c1OCC2. The van der Waals surface area contributed by atoms with E-state index < -0.39 is 5.60 Å². The fourth-order valence-electron chi connectivity index (χ4n) is 2.14. The van der Waals surface area contributed by atoms with Gasteiger partial charge in [0.25, 0.3) is 0 Å². The Kier molecular flexibility index (Phi) is 3.40. The zero-order valence-electron chi connectivity index (χ0n) is 10.8. The molecule has 2 N–H and O–H groups in total. The second-order valence-electron chi connectivity index (χ2n) is 5.20. The molecule has 0 saturated heterocycles. The van der Waals surface area contributed by atoms with Gasteiger partial charge < -0.3 is 15.2 Å². The molecule has 0 spiro atoms. The van der Waals surface area contributed by atoms with E-state index in [1.165, 1.54) is 5.56 Å². The summed E-state index contributed by atoms with van der Waals surface area (Å²) in [5, 5.41) is 13.8. The van der Waals surface area contributed by atoms with E-state index >= 15 is 0 Å². The molecule has 0 amide bonds. The van der Waals surface area contributed by atoms with E-state index in [2.05, 4.69) is 25.2 Å². The average molecular weight is 235 g/mol. The highest BCUT2D eigenvalue weighted by Crippen LogP contribution is 2.35. The number of ether oxygens (including phenoxy) is 1. The van der Waals surface area contributed by atoms with Crippen molar-refractivity contribution < 1.29 is 9.84 Å². The first-order chi connectivity index (χ1) is 8.00. The van der Waals surface area contributed by atoms with Gasteiger partial charge in [0.05, 0.1) is 6.61 Å². The Morgan fingerprint density at radius 1 is 1.47 bits per heavy atom. The van der Waals surface area contributed by atoms with Crippen LogP contribution in [0.5, 0.6) is 5.75 Å². The Balaban J connectivity index is 2.24. The Morgan fingerprint density at radius 3 is 2.94 bits per heavy atom. The number of para-hydroxylation sites is 1. The zero-order valence-corrected chi connectivity index (χ0v) is 10.8. The predicted molar refractivity (Wildman–Crippen MR) is 68.4 cm³/mol. The minimum atomic E-state index is -0.889. The molecule has 1 heterocycles. The number of fused-ring (bicyclic) bond motifs is 1. The summed E-state index contributed by atoms with van der Waals surface area (Å²) in [5.41, 5.74) is 1.20. The third-order valence-corrected chi connectivity index (χ3v) is 3.15. The van der Waals surface area contributed by atoms with Crippen molar-refractivity contribution >= 4 is 0 Å². The van der Waals surface area contributed by atoms with Crippen LogP contribution in [0.4, 0.5) is 0 Å². The van der Waals surface area contributed by atoms with E-state index in [0.29, 0.717) is 12.6 Å². The molecule has 0 aliphatic carbocycles. The van der Waals surface area contributed by atoms with Gasteiger partial charge in [0.15, 0.2) is 0 Å². The van der Waals surface area contributed by atoms with Crippen LogP contribution in [-0.4, -0.2) is 24.3 Å². The predicted octanol–water partition coefficient (Wildman–Crippen LogP) is 1.83. The molecular formula is C14H21NO2. The molecule has 1 aromatic rings. The first-order valence-electron chi connectivity index (χ1n) is 6.21. The molecule has 0 saturated carbocycles. The van der Waals surface area contributed by atoms with Crippen molar-refractivity contribution in [1.82, 2.24) is 5.32 Å². The number of benzene rings is 1. The van der Waals surface area contributed by atoms with Crippen LogP contribution in [-0.2, 0) is 12.0 Å². The lowest BCUT2D eigenvalue weighted by Gasteiger charge is -2.27. The topological polar surface area (TPSA) is 41.5 Å². The normalized spacial score (nSPS) is 17.7. The molecule has 3 heteroatoms. The van der Waals surface area contributed by atoms with E-state index in [9.17, 15) is 5.11 Å². The molecule has 1 aromatic carbocycles. The van der Waals surface area contributed by atoms with Crippen molar-refractivity contribution in [1.29, 1.82) is 0 Å². The van der Waals surface area contributed by atoms with Crippen LogP contribution < -0.4 is 10.1 Å². The smallest absolute Gasteiger partial charge is 0.128 e. The van der Waals surface area contributed by atoms with Gasteiger partial charge in [0, 0.05) is 24.6 Å². The van der Waals surface area contributed by atoms with Crippen LogP contribution >= 0.6 is 0 Å². The summed E-state index contributed by atoms with van der Waals surface area (Å²) < 4.78 is 5.63. The van der Waals surface area contributed by atoms with Gasteiger partial charge >= 0.3 is 0 Å². The van der Waals surface area contributed by atoms with Crippen molar-refractivity contribution in [2.45, 2.75) is 38.8 Å². The van der Waals surface area contributed by atoms with Crippen LogP contribution in [0, 0.1) is 0 Å². The fraction of sp³-hybridized carbons (Fsp3) is 0.571. The summed E-state index contributed by atoms with van der Waals surface area (Å²) in [6.07, 6.45) is 0.941.